The fourth-order valence-corrected chi connectivity index (χ4v) is 3.97. The predicted molar refractivity (Wildman–Crippen MR) is 107 cm³/mol. The number of rotatable bonds is 3. The molecule has 4 heteroatoms. The molecule has 0 atom stereocenters. The summed E-state index contributed by atoms with van der Waals surface area (Å²) in [7, 11) is 0. The Morgan fingerprint density at radius 3 is 2.59 bits per heavy atom. The monoisotopic (exact) mass is 362 g/mol. The number of carbonyl (C=O) groups is 1. The van der Waals surface area contributed by atoms with Crippen LogP contribution in [-0.4, -0.2) is 30.4 Å². The molecule has 1 amide bonds. The van der Waals surface area contributed by atoms with Gasteiger partial charge in [0.05, 0.1) is 0 Å². The fourth-order valence-electron chi connectivity index (χ4n) is 3.97. The lowest BCUT2D eigenvalue weighted by molar-refractivity contribution is 0.0810. The molecule has 0 spiro atoms. The van der Waals surface area contributed by atoms with Crippen molar-refractivity contribution in [2.45, 2.75) is 33.1 Å². The van der Waals surface area contributed by atoms with Gasteiger partial charge < -0.3 is 15.0 Å². The molecule has 2 aromatic carbocycles. The SMILES string of the molecule is CCN(C(=O)c1ccc2c(c1)Oc1ccccc1C2)C(C)=C1CCNCC1. The van der Waals surface area contributed by atoms with Crippen molar-refractivity contribution in [1.29, 1.82) is 0 Å². The van der Waals surface area contributed by atoms with Crippen LogP contribution in [0.3, 0.4) is 0 Å². The molecule has 2 aliphatic heterocycles. The minimum absolute atomic E-state index is 0.0475. The van der Waals surface area contributed by atoms with E-state index in [1.165, 1.54) is 11.1 Å². The summed E-state index contributed by atoms with van der Waals surface area (Å²) >= 11 is 0. The Bertz CT molecular complexity index is 893. The van der Waals surface area contributed by atoms with E-state index in [1.807, 2.05) is 48.2 Å². The zero-order valence-corrected chi connectivity index (χ0v) is 16.0. The predicted octanol–water partition coefficient (Wildman–Crippen LogP) is 4.50. The standard InChI is InChI=1S/C23H26N2O2/c1-3-25(16(2)17-10-12-24-13-11-17)23(26)20-9-8-19-14-18-6-4-5-7-21(18)27-22(19)15-20/h4-9,15,24H,3,10-14H2,1-2H3. The lowest BCUT2D eigenvalue weighted by Gasteiger charge is -2.27. The number of hydrogen-bond donors (Lipinski definition) is 1. The molecule has 2 aliphatic rings. The van der Waals surface area contributed by atoms with Crippen molar-refractivity contribution in [2.24, 2.45) is 0 Å². The number of benzene rings is 2. The molecule has 0 aromatic heterocycles. The van der Waals surface area contributed by atoms with E-state index in [2.05, 4.69) is 18.3 Å². The van der Waals surface area contributed by atoms with Crippen molar-refractivity contribution < 1.29 is 9.53 Å². The van der Waals surface area contributed by atoms with Gasteiger partial charge in [-0.1, -0.05) is 24.3 Å². The van der Waals surface area contributed by atoms with Crippen LogP contribution in [0, 0.1) is 0 Å². The number of hydrogen-bond acceptors (Lipinski definition) is 3. The third-order valence-electron chi connectivity index (χ3n) is 5.57. The van der Waals surface area contributed by atoms with Crippen LogP contribution in [0.2, 0.25) is 0 Å². The van der Waals surface area contributed by atoms with Crippen LogP contribution in [0.4, 0.5) is 0 Å². The van der Waals surface area contributed by atoms with E-state index >= 15 is 0 Å². The minimum atomic E-state index is 0.0475. The second kappa shape index (κ2) is 7.57. The quantitative estimate of drug-likeness (QED) is 0.746. The van der Waals surface area contributed by atoms with Gasteiger partial charge in [0, 0.05) is 24.2 Å². The summed E-state index contributed by atoms with van der Waals surface area (Å²) in [6.07, 6.45) is 2.87. The smallest absolute Gasteiger partial charge is 0.258 e. The Labute approximate surface area is 160 Å². The van der Waals surface area contributed by atoms with Gasteiger partial charge in [-0.25, -0.2) is 0 Å². The van der Waals surface area contributed by atoms with Gasteiger partial charge in [0.25, 0.3) is 5.91 Å². The van der Waals surface area contributed by atoms with Gasteiger partial charge in [-0.15, -0.1) is 0 Å². The molecule has 1 fully saturated rings. The molecule has 1 saturated heterocycles. The second-order valence-corrected chi connectivity index (χ2v) is 7.20. The maximum atomic E-state index is 13.2. The van der Waals surface area contributed by atoms with Crippen LogP contribution in [0.1, 0.15) is 48.2 Å². The molecule has 0 saturated carbocycles. The normalized spacial score (nSPS) is 15.4. The van der Waals surface area contributed by atoms with Gasteiger partial charge in [0.2, 0.25) is 0 Å². The van der Waals surface area contributed by atoms with Crippen molar-refractivity contribution in [3.8, 4) is 11.5 Å². The molecule has 0 unspecified atom stereocenters. The third kappa shape index (κ3) is 3.50. The molecule has 4 rings (SSSR count). The Balaban J connectivity index is 1.61. The first-order chi connectivity index (χ1) is 13.2. The second-order valence-electron chi connectivity index (χ2n) is 7.20. The summed E-state index contributed by atoms with van der Waals surface area (Å²) in [6, 6.07) is 13.9. The summed E-state index contributed by atoms with van der Waals surface area (Å²) in [5.41, 5.74) is 5.48. The van der Waals surface area contributed by atoms with Crippen molar-refractivity contribution >= 4 is 5.91 Å². The molecule has 2 heterocycles. The number of allylic oxidation sites excluding steroid dienone is 1. The van der Waals surface area contributed by atoms with E-state index in [0.29, 0.717) is 12.1 Å². The average Bonchev–Trinajstić information content (AvgIpc) is 2.72. The van der Waals surface area contributed by atoms with Gasteiger partial charge in [0.1, 0.15) is 11.5 Å². The van der Waals surface area contributed by atoms with E-state index in [1.54, 1.807) is 0 Å². The molecule has 0 aliphatic carbocycles. The number of nitrogens with zero attached hydrogens (tertiary/aromatic N) is 1. The summed E-state index contributed by atoms with van der Waals surface area (Å²) in [4.78, 5) is 15.1. The molecule has 0 radical (unpaired) electrons. The van der Waals surface area contributed by atoms with E-state index in [0.717, 1.165) is 55.1 Å². The number of para-hydroxylation sites is 1. The Morgan fingerprint density at radius 2 is 1.81 bits per heavy atom. The van der Waals surface area contributed by atoms with Crippen molar-refractivity contribution in [2.75, 3.05) is 19.6 Å². The molecule has 0 bridgehead atoms. The number of nitrogens with one attached hydrogen (secondary N) is 1. The third-order valence-corrected chi connectivity index (χ3v) is 5.57. The lowest BCUT2D eigenvalue weighted by Crippen LogP contribution is -2.32. The number of fused-ring (bicyclic) bond motifs is 2. The maximum absolute atomic E-state index is 13.2. The topological polar surface area (TPSA) is 41.6 Å². The Hall–Kier alpha value is -2.59. The molecule has 2 aromatic rings. The van der Waals surface area contributed by atoms with Gasteiger partial charge in [0.15, 0.2) is 0 Å². The average molecular weight is 362 g/mol. The van der Waals surface area contributed by atoms with Crippen LogP contribution in [0.25, 0.3) is 0 Å². The van der Waals surface area contributed by atoms with E-state index in [-0.39, 0.29) is 5.91 Å². The highest BCUT2D eigenvalue weighted by Crippen LogP contribution is 2.37. The van der Waals surface area contributed by atoms with E-state index in [4.69, 9.17) is 4.74 Å². The summed E-state index contributed by atoms with van der Waals surface area (Å²) in [6.45, 7) is 6.76. The number of ether oxygens (including phenoxy) is 1. The Kier molecular flexibility index (Phi) is 4.99. The van der Waals surface area contributed by atoms with E-state index < -0.39 is 0 Å². The van der Waals surface area contributed by atoms with Gasteiger partial charge in [-0.2, -0.15) is 0 Å². The first-order valence-corrected chi connectivity index (χ1v) is 9.77. The summed E-state index contributed by atoms with van der Waals surface area (Å²) in [5.74, 6) is 1.73. The van der Waals surface area contributed by atoms with Crippen LogP contribution < -0.4 is 10.1 Å². The molecule has 1 N–H and O–H groups in total. The molecule has 140 valence electrons. The minimum Gasteiger partial charge on any atom is -0.457 e. The zero-order valence-electron chi connectivity index (χ0n) is 16.0. The van der Waals surface area contributed by atoms with Crippen LogP contribution >= 0.6 is 0 Å². The number of amides is 1. The highest BCUT2D eigenvalue weighted by molar-refractivity contribution is 5.96. The number of carbonyl (C=O) groups excluding carboxylic acids is 1. The highest BCUT2D eigenvalue weighted by Gasteiger charge is 2.22. The molecule has 4 nitrogen and oxygen atoms in total. The maximum Gasteiger partial charge on any atom is 0.258 e. The zero-order chi connectivity index (χ0) is 18.8. The number of piperidine rings is 1. The van der Waals surface area contributed by atoms with Crippen molar-refractivity contribution in [1.82, 2.24) is 10.2 Å². The van der Waals surface area contributed by atoms with Gasteiger partial charge in [-0.3, -0.25) is 4.79 Å². The largest absolute Gasteiger partial charge is 0.457 e. The molecular weight excluding hydrogens is 336 g/mol. The lowest BCUT2D eigenvalue weighted by atomic mass is 9.98. The van der Waals surface area contributed by atoms with Gasteiger partial charge >= 0.3 is 0 Å². The fraction of sp³-hybridized carbons (Fsp3) is 0.348. The molecule has 27 heavy (non-hydrogen) atoms. The van der Waals surface area contributed by atoms with Crippen LogP contribution in [0.15, 0.2) is 53.7 Å². The highest BCUT2D eigenvalue weighted by atomic mass is 16.5. The van der Waals surface area contributed by atoms with Crippen LogP contribution in [0.5, 0.6) is 11.5 Å². The first kappa shape index (κ1) is 17.8. The summed E-state index contributed by atoms with van der Waals surface area (Å²) < 4.78 is 6.07. The van der Waals surface area contributed by atoms with E-state index in [9.17, 15) is 4.79 Å². The summed E-state index contributed by atoms with van der Waals surface area (Å²) in [5, 5.41) is 3.38. The van der Waals surface area contributed by atoms with Crippen molar-refractivity contribution in [3.05, 3.63) is 70.4 Å². The van der Waals surface area contributed by atoms with Crippen molar-refractivity contribution in [3.63, 3.8) is 0 Å². The molecular formula is C23H26N2O2. The van der Waals surface area contributed by atoms with Crippen LogP contribution in [-0.2, 0) is 6.42 Å². The van der Waals surface area contributed by atoms with Gasteiger partial charge in [-0.05, 0) is 74.7 Å². The first-order valence-electron chi connectivity index (χ1n) is 9.77. The Morgan fingerprint density at radius 1 is 1.07 bits per heavy atom.